The van der Waals surface area contributed by atoms with Crippen LogP contribution in [-0.4, -0.2) is 18.1 Å². The Morgan fingerprint density at radius 1 is 1.08 bits per heavy atom. The Labute approximate surface area is 146 Å². The smallest absolute Gasteiger partial charge is 0.103 e. The van der Waals surface area contributed by atoms with Crippen molar-refractivity contribution < 1.29 is 4.90 Å². The topological polar surface area (TPSA) is 41.1 Å². The molecule has 24 heavy (non-hydrogen) atoms. The van der Waals surface area contributed by atoms with Crippen molar-refractivity contribution in [3.63, 3.8) is 0 Å². The first-order valence-electron chi connectivity index (χ1n) is 8.50. The Morgan fingerprint density at radius 3 is 2.54 bits per heavy atom. The van der Waals surface area contributed by atoms with Gasteiger partial charge in [-0.3, -0.25) is 0 Å². The van der Waals surface area contributed by atoms with Crippen molar-refractivity contribution in [2.45, 2.75) is 25.3 Å². The lowest BCUT2D eigenvalue weighted by molar-refractivity contribution is -0.919. The molecule has 1 aromatic heterocycles. The molecule has 0 saturated carbocycles. The van der Waals surface area contributed by atoms with Gasteiger partial charge in [0.15, 0.2) is 0 Å². The number of thiazole rings is 1. The van der Waals surface area contributed by atoms with Crippen molar-refractivity contribution in [3.8, 4) is 6.07 Å². The van der Waals surface area contributed by atoms with Crippen LogP contribution in [0.15, 0.2) is 48.5 Å². The van der Waals surface area contributed by atoms with Gasteiger partial charge in [-0.05, 0) is 24.3 Å². The SMILES string of the molecule is N#Cc1ccc(C[NH+]2CCC(c3nc4ccccc4s3)CC2)cc1. The van der Waals surface area contributed by atoms with Crippen molar-refractivity contribution in [1.29, 1.82) is 5.26 Å². The fourth-order valence-corrected chi connectivity index (χ4v) is 4.64. The van der Waals surface area contributed by atoms with Gasteiger partial charge < -0.3 is 4.90 Å². The zero-order chi connectivity index (χ0) is 16.4. The van der Waals surface area contributed by atoms with Crippen LogP contribution in [0, 0.1) is 11.3 Å². The maximum atomic E-state index is 8.88. The van der Waals surface area contributed by atoms with Crippen molar-refractivity contribution in [3.05, 3.63) is 64.7 Å². The highest BCUT2D eigenvalue weighted by molar-refractivity contribution is 7.18. The molecule has 4 heteroatoms. The molecule has 3 aromatic rings. The van der Waals surface area contributed by atoms with Gasteiger partial charge in [0, 0.05) is 24.3 Å². The van der Waals surface area contributed by atoms with E-state index in [1.165, 1.54) is 41.2 Å². The van der Waals surface area contributed by atoms with Crippen LogP contribution in [0.4, 0.5) is 0 Å². The largest absolute Gasteiger partial charge is 0.331 e. The number of likely N-dealkylation sites (tertiary alicyclic amines) is 1. The van der Waals surface area contributed by atoms with Crippen molar-refractivity contribution in [2.24, 2.45) is 0 Å². The summed E-state index contributed by atoms with van der Waals surface area (Å²) in [6, 6.07) is 18.6. The van der Waals surface area contributed by atoms with Gasteiger partial charge in [0.2, 0.25) is 0 Å². The Balaban J connectivity index is 1.38. The summed E-state index contributed by atoms with van der Waals surface area (Å²) in [5.74, 6) is 0.618. The molecule has 1 saturated heterocycles. The number of nitrogens with one attached hydrogen (secondary N) is 1. The molecule has 4 rings (SSSR count). The second-order valence-corrected chi connectivity index (χ2v) is 7.59. The Kier molecular flexibility index (Phi) is 4.29. The maximum Gasteiger partial charge on any atom is 0.103 e. The summed E-state index contributed by atoms with van der Waals surface area (Å²) in [7, 11) is 0. The lowest BCUT2D eigenvalue weighted by Crippen LogP contribution is -3.11. The highest BCUT2D eigenvalue weighted by Crippen LogP contribution is 2.31. The molecule has 1 N–H and O–H groups in total. The molecule has 2 heterocycles. The molecule has 1 aliphatic heterocycles. The Morgan fingerprint density at radius 2 is 1.83 bits per heavy atom. The monoisotopic (exact) mass is 334 g/mol. The minimum atomic E-state index is 0.618. The van der Waals surface area contributed by atoms with E-state index in [0.29, 0.717) is 5.92 Å². The molecule has 0 atom stereocenters. The van der Waals surface area contributed by atoms with Gasteiger partial charge in [0.25, 0.3) is 0 Å². The molecule has 0 unspecified atom stereocenters. The van der Waals surface area contributed by atoms with Crippen LogP contribution in [0.25, 0.3) is 10.2 Å². The third-order valence-corrected chi connectivity index (χ3v) is 6.09. The number of rotatable bonds is 3. The van der Waals surface area contributed by atoms with Gasteiger partial charge >= 0.3 is 0 Å². The Hall–Kier alpha value is -2.22. The molecule has 0 amide bonds. The number of nitrogens with zero attached hydrogens (tertiary/aromatic N) is 2. The predicted molar refractivity (Wildman–Crippen MR) is 97.2 cm³/mol. The van der Waals surface area contributed by atoms with Gasteiger partial charge in [-0.25, -0.2) is 4.98 Å². The summed E-state index contributed by atoms with van der Waals surface area (Å²) >= 11 is 1.86. The van der Waals surface area contributed by atoms with E-state index >= 15 is 0 Å². The summed E-state index contributed by atoms with van der Waals surface area (Å²) in [4.78, 5) is 6.48. The molecule has 0 aliphatic carbocycles. The molecular formula is C20H20N3S+. The standard InChI is InChI=1S/C20H19N3S/c21-13-15-5-7-16(8-6-15)14-23-11-9-17(10-12-23)20-22-18-3-1-2-4-19(18)24-20/h1-8,17H,9-12,14H2/p+1. The molecule has 1 fully saturated rings. The van der Waals surface area contributed by atoms with Crippen LogP contribution < -0.4 is 4.90 Å². The molecule has 120 valence electrons. The maximum absolute atomic E-state index is 8.88. The van der Waals surface area contributed by atoms with Crippen molar-refractivity contribution in [1.82, 2.24) is 4.98 Å². The number of nitriles is 1. The highest BCUT2D eigenvalue weighted by Gasteiger charge is 2.25. The fourth-order valence-electron chi connectivity index (χ4n) is 3.50. The van der Waals surface area contributed by atoms with Crippen LogP contribution >= 0.6 is 11.3 Å². The van der Waals surface area contributed by atoms with E-state index in [2.05, 4.69) is 42.5 Å². The van der Waals surface area contributed by atoms with Crippen LogP contribution in [0.2, 0.25) is 0 Å². The second kappa shape index (κ2) is 6.72. The average molecular weight is 334 g/mol. The summed E-state index contributed by atoms with van der Waals surface area (Å²) < 4.78 is 1.31. The summed E-state index contributed by atoms with van der Waals surface area (Å²) in [5, 5.41) is 10.2. The van der Waals surface area contributed by atoms with E-state index in [9.17, 15) is 0 Å². The number of hydrogen-bond acceptors (Lipinski definition) is 3. The van der Waals surface area contributed by atoms with Gasteiger partial charge in [-0.2, -0.15) is 5.26 Å². The van der Waals surface area contributed by atoms with Crippen LogP contribution in [0.3, 0.4) is 0 Å². The van der Waals surface area contributed by atoms with Crippen LogP contribution in [-0.2, 0) is 6.54 Å². The number of aromatic nitrogens is 1. The van der Waals surface area contributed by atoms with Crippen molar-refractivity contribution >= 4 is 21.6 Å². The van der Waals surface area contributed by atoms with E-state index < -0.39 is 0 Å². The number of benzene rings is 2. The first-order valence-corrected chi connectivity index (χ1v) is 9.31. The zero-order valence-electron chi connectivity index (χ0n) is 13.5. The number of hydrogen-bond donors (Lipinski definition) is 1. The summed E-state index contributed by atoms with van der Waals surface area (Å²) in [6.07, 6.45) is 2.43. The first-order chi connectivity index (χ1) is 11.8. The van der Waals surface area contributed by atoms with Crippen molar-refractivity contribution in [2.75, 3.05) is 13.1 Å². The van der Waals surface area contributed by atoms with Crippen LogP contribution in [0.1, 0.15) is 34.9 Å². The highest BCUT2D eigenvalue weighted by atomic mass is 32.1. The molecule has 1 aliphatic rings. The summed E-state index contributed by atoms with van der Waals surface area (Å²) in [6.45, 7) is 3.44. The van der Waals surface area contributed by atoms with E-state index in [1.807, 2.05) is 23.5 Å². The van der Waals surface area contributed by atoms with E-state index in [1.54, 1.807) is 4.90 Å². The molecule has 0 spiro atoms. The molecule has 2 aromatic carbocycles. The van der Waals surface area contributed by atoms with Gasteiger partial charge in [-0.15, -0.1) is 11.3 Å². The van der Waals surface area contributed by atoms with E-state index in [-0.39, 0.29) is 0 Å². The first kappa shape index (κ1) is 15.3. The Bertz CT molecular complexity index is 835. The third kappa shape index (κ3) is 3.19. The number of quaternary nitrogens is 1. The van der Waals surface area contributed by atoms with E-state index in [0.717, 1.165) is 17.6 Å². The molecule has 0 radical (unpaired) electrons. The zero-order valence-corrected chi connectivity index (χ0v) is 14.4. The van der Waals surface area contributed by atoms with Gasteiger partial charge in [0.05, 0.1) is 39.9 Å². The van der Waals surface area contributed by atoms with Gasteiger partial charge in [0.1, 0.15) is 6.54 Å². The molecule has 0 bridgehead atoms. The third-order valence-electron chi connectivity index (χ3n) is 4.89. The quantitative estimate of drug-likeness (QED) is 0.799. The number of piperidine rings is 1. The normalized spacial score (nSPS) is 20.8. The molecular weight excluding hydrogens is 314 g/mol. The fraction of sp³-hybridized carbons (Fsp3) is 0.300. The average Bonchev–Trinajstić information content (AvgIpc) is 3.07. The number of para-hydroxylation sites is 1. The minimum absolute atomic E-state index is 0.618. The second-order valence-electron chi connectivity index (χ2n) is 6.53. The lowest BCUT2D eigenvalue weighted by atomic mass is 9.97. The lowest BCUT2D eigenvalue weighted by Gasteiger charge is -2.28. The van der Waals surface area contributed by atoms with Crippen LogP contribution in [0.5, 0.6) is 0 Å². The van der Waals surface area contributed by atoms with E-state index in [4.69, 9.17) is 10.2 Å². The summed E-state index contributed by atoms with van der Waals surface area (Å²) in [5.41, 5.74) is 3.20. The molecule has 3 nitrogen and oxygen atoms in total. The van der Waals surface area contributed by atoms with Gasteiger partial charge in [-0.1, -0.05) is 24.3 Å². The number of fused-ring (bicyclic) bond motifs is 1. The minimum Gasteiger partial charge on any atom is -0.331 e. The predicted octanol–water partition coefficient (Wildman–Crippen LogP) is 3.13.